The first-order chi connectivity index (χ1) is 15.7. The number of carbonyl (C=O) groups is 1. The van der Waals surface area contributed by atoms with Crippen LogP contribution in [0.4, 0.5) is 5.69 Å². The zero-order valence-corrected chi connectivity index (χ0v) is 18.4. The van der Waals surface area contributed by atoms with Gasteiger partial charge in [0, 0.05) is 17.2 Å². The molecular formula is C22H19N3O7S. The summed E-state index contributed by atoms with van der Waals surface area (Å²) in [4.78, 5) is 22.1. The number of hydrogen-bond donors (Lipinski definition) is 1. The fourth-order valence-corrected chi connectivity index (χ4v) is 3.72. The van der Waals surface area contributed by atoms with Crippen molar-refractivity contribution >= 4 is 27.9 Å². The number of carbonyl (C=O) groups excluding carboxylic acids is 1. The van der Waals surface area contributed by atoms with E-state index in [-0.39, 0.29) is 22.1 Å². The summed E-state index contributed by atoms with van der Waals surface area (Å²) < 4.78 is 35.6. The molecule has 0 aliphatic carbocycles. The average molecular weight is 469 g/mol. The zero-order valence-electron chi connectivity index (χ0n) is 17.6. The summed E-state index contributed by atoms with van der Waals surface area (Å²) in [6, 6.07) is 16.3. The number of nitro groups is 1. The highest BCUT2D eigenvalue weighted by atomic mass is 32.2. The van der Waals surface area contributed by atoms with Crippen LogP contribution in [0.2, 0.25) is 0 Å². The summed E-state index contributed by atoms with van der Waals surface area (Å²) in [5.74, 6) is -0.429. The molecule has 0 aliphatic heterocycles. The van der Waals surface area contributed by atoms with Gasteiger partial charge in [0.2, 0.25) is 0 Å². The predicted molar refractivity (Wildman–Crippen MR) is 120 cm³/mol. The van der Waals surface area contributed by atoms with Gasteiger partial charge < -0.3 is 8.92 Å². The summed E-state index contributed by atoms with van der Waals surface area (Å²) in [5, 5.41) is 15.0. The molecule has 1 N–H and O–H groups in total. The van der Waals surface area contributed by atoms with Gasteiger partial charge in [-0.2, -0.15) is 13.5 Å². The summed E-state index contributed by atoms with van der Waals surface area (Å²) >= 11 is 0. The predicted octanol–water partition coefficient (Wildman–Crippen LogP) is 3.44. The lowest BCUT2D eigenvalue weighted by Gasteiger charge is -2.11. The number of nitro benzene ring substituents is 1. The Morgan fingerprint density at radius 3 is 2.45 bits per heavy atom. The minimum Gasteiger partial charge on any atom is -0.493 e. The molecule has 0 saturated heterocycles. The Balaban J connectivity index is 1.78. The number of nitrogens with one attached hydrogen (secondary N) is 1. The monoisotopic (exact) mass is 469 g/mol. The van der Waals surface area contributed by atoms with Crippen LogP contribution in [-0.2, 0) is 10.1 Å². The SMILES string of the molecule is COc1cc(/C=N/NC(=O)c2ccccc2)ccc1OS(=O)(=O)c1ccc(C)c([N+](=O)[O-])c1. The summed E-state index contributed by atoms with van der Waals surface area (Å²) in [7, 11) is -3.04. The topological polar surface area (TPSA) is 137 Å². The van der Waals surface area contributed by atoms with Crippen molar-refractivity contribution in [2.24, 2.45) is 5.10 Å². The Kier molecular flexibility index (Phi) is 7.04. The highest BCUT2D eigenvalue weighted by Crippen LogP contribution is 2.31. The van der Waals surface area contributed by atoms with Gasteiger partial charge in [0.05, 0.1) is 18.2 Å². The molecule has 0 aliphatic rings. The van der Waals surface area contributed by atoms with Crippen LogP contribution in [0.3, 0.4) is 0 Å². The maximum atomic E-state index is 12.6. The van der Waals surface area contributed by atoms with Crippen LogP contribution < -0.4 is 14.3 Å². The highest BCUT2D eigenvalue weighted by molar-refractivity contribution is 7.87. The van der Waals surface area contributed by atoms with Crippen molar-refractivity contribution in [3.63, 3.8) is 0 Å². The molecule has 10 nitrogen and oxygen atoms in total. The van der Waals surface area contributed by atoms with Crippen LogP contribution in [0.15, 0.2) is 76.7 Å². The lowest BCUT2D eigenvalue weighted by Crippen LogP contribution is -2.17. The van der Waals surface area contributed by atoms with Crippen LogP contribution in [0.1, 0.15) is 21.5 Å². The second kappa shape index (κ2) is 9.92. The van der Waals surface area contributed by atoms with Crippen LogP contribution in [0.25, 0.3) is 0 Å². The third-order valence-corrected chi connectivity index (χ3v) is 5.70. The van der Waals surface area contributed by atoms with Gasteiger partial charge in [-0.25, -0.2) is 5.43 Å². The molecule has 3 aromatic rings. The van der Waals surface area contributed by atoms with E-state index in [1.165, 1.54) is 50.6 Å². The van der Waals surface area contributed by atoms with Crippen molar-refractivity contribution < 1.29 is 27.1 Å². The lowest BCUT2D eigenvalue weighted by molar-refractivity contribution is -0.385. The van der Waals surface area contributed by atoms with E-state index in [9.17, 15) is 23.3 Å². The number of ether oxygens (including phenoxy) is 1. The molecule has 0 unspecified atom stereocenters. The maximum Gasteiger partial charge on any atom is 0.339 e. The minimum absolute atomic E-state index is 0.0820. The molecule has 33 heavy (non-hydrogen) atoms. The van der Waals surface area contributed by atoms with Crippen molar-refractivity contribution in [2.75, 3.05) is 7.11 Å². The molecule has 0 bridgehead atoms. The molecule has 0 aromatic heterocycles. The van der Waals surface area contributed by atoms with Crippen molar-refractivity contribution in [2.45, 2.75) is 11.8 Å². The molecule has 0 spiro atoms. The molecule has 0 fully saturated rings. The summed E-state index contributed by atoms with van der Waals surface area (Å²) in [6.45, 7) is 1.50. The van der Waals surface area contributed by atoms with Crippen LogP contribution in [-0.4, -0.2) is 32.6 Å². The second-order valence-electron chi connectivity index (χ2n) is 6.72. The van der Waals surface area contributed by atoms with Crippen LogP contribution in [0, 0.1) is 17.0 Å². The average Bonchev–Trinajstić information content (AvgIpc) is 2.80. The fourth-order valence-electron chi connectivity index (χ4n) is 2.76. The van der Waals surface area contributed by atoms with E-state index in [1.807, 2.05) is 0 Å². The first kappa shape index (κ1) is 23.4. The molecular weight excluding hydrogens is 450 g/mol. The van der Waals surface area contributed by atoms with Crippen molar-refractivity contribution in [3.8, 4) is 11.5 Å². The second-order valence-corrected chi connectivity index (χ2v) is 8.26. The highest BCUT2D eigenvalue weighted by Gasteiger charge is 2.23. The zero-order chi connectivity index (χ0) is 24.0. The van der Waals surface area contributed by atoms with Gasteiger partial charge in [-0.1, -0.05) is 24.3 Å². The number of rotatable bonds is 8. The van der Waals surface area contributed by atoms with Gasteiger partial charge in [-0.15, -0.1) is 0 Å². The molecule has 0 atom stereocenters. The fraction of sp³-hybridized carbons (Fsp3) is 0.0909. The Morgan fingerprint density at radius 1 is 1.06 bits per heavy atom. The van der Waals surface area contributed by atoms with Gasteiger partial charge in [0.15, 0.2) is 11.5 Å². The van der Waals surface area contributed by atoms with E-state index in [2.05, 4.69) is 10.5 Å². The molecule has 0 heterocycles. The lowest BCUT2D eigenvalue weighted by atomic mass is 10.2. The molecule has 0 saturated carbocycles. The van der Waals surface area contributed by atoms with E-state index < -0.39 is 20.9 Å². The number of methoxy groups -OCH3 is 1. The summed E-state index contributed by atoms with van der Waals surface area (Å²) in [5.41, 5.74) is 3.31. The standard InChI is InChI=1S/C22H19N3O7S/c1-15-8-10-18(13-19(15)25(27)28)33(29,30)32-20-11-9-16(12-21(20)31-2)14-23-24-22(26)17-6-4-3-5-7-17/h3-14H,1-2H3,(H,24,26)/b23-14+. The number of hydrazone groups is 1. The van der Waals surface area contributed by atoms with E-state index in [0.29, 0.717) is 16.7 Å². The van der Waals surface area contributed by atoms with Crippen molar-refractivity contribution in [3.05, 3.63) is 93.5 Å². The normalized spacial score (nSPS) is 11.2. The van der Waals surface area contributed by atoms with E-state index >= 15 is 0 Å². The molecule has 1 amide bonds. The van der Waals surface area contributed by atoms with Crippen LogP contribution in [0.5, 0.6) is 11.5 Å². The summed E-state index contributed by atoms with van der Waals surface area (Å²) in [6.07, 6.45) is 1.35. The molecule has 11 heteroatoms. The third kappa shape index (κ3) is 5.71. The Bertz CT molecular complexity index is 1320. The number of hydrogen-bond acceptors (Lipinski definition) is 8. The van der Waals surface area contributed by atoms with Gasteiger partial charge in [0.1, 0.15) is 4.90 Å². The quantitative estimate of drug-likeness (QED) is 0.231. The minimum atomic E-state index is -4.37. The van der Waals surface area contributed by atoms with E-state index in [4.69, 9.17) is 8.92 Å². The number of nitrogens with zero attached hydrogens (tertiary/aromatic N) is 2. The molecule has 3 rings (SSSR count). The first-order valence-corrected chi connectivity index (χ1v) is 10.9. The van der Waals surface area contributed by atoms with Gasteiger partial charge in [-0.05, 0) is 48.9 Å². The van der Waals surface area contributed by atoms with Gasteiger partial charge in [-0.3, -0.25) is 14.9 Å². The largest absolute Gasteiger partial charge is 0.493 e. The van der Waals surface area contributed by atoms with Crippen molar-refractivity contribution in [1.82, 2.24) is 5.43 Å². The Hall–Kier alpha value is -4.25. The maximum absolute atomic E-state index is 12.6. The first-order valence-electron chi connectivity index (χ1n) is 9.47. The Morgan fingerprint density at radius 2 is 1.79 bits per heavy atom. The number of aryl methyl sites for hydroxylation is 1. The molecule has 170 valence electrons. The molecule has 3 aromatic carbocycles. The van der Waals surface area contributed by atoms with Crippen molar-refractivity contribution in [1.29, 1.82) is 0 Å². The molecule has 0 radical (unpaired) electrons. The van der Waals surface area contributed by atoms with E-state index in [0.717, 1.165) is 6.07 Å². The van der Waals surface area contributed by atoms with Gasteiger partial charge >= 0.3 is 10.1 Å². The van der Waals surface area contributed by atoms with E-state index in [1.54, 1.807) is 30.3 Å². The van der Waals surface area contributed by atoms with Crippen LogP contribution >= 0.6 is 0 Å². The number of benzene rings is 3. The third-order valence-electron chi connectivity index (χ3n) is 4.47. The van der Waals surface area contributed by atoms with Gasteiger partial charge in [0.25, 0.3) is 11.6 Å². The Labute approximate surface area is 189 Å². The smallest absolute Gasteiger partial charge is 0.339 e. The number of amides is 1.